The molecule has 0 radical (unpaired) electrons. The number of phenols is 1. The van der Waals surface area contributed by atoms with Crippen molar-refractivity contribution in [3.05, 3.63) is 48.0 Å². The molecule has 3 rings (SSSR count). The molecule has 0 aliphatic carbocycles. The van der Waals surface area contributed by atoms with Crippen LogP contribution in [0.4, 0.5) is 5.69 Å². The highest BCUT2D eigenvalue weighted by Crippen LogP contribution is 2.30. The Bertz CT molecular complexity index is 566. The summed E-state index contributed by atoms with van der Waals surface area (Å²) >= 11 is 0. The molecule has 0 bridgehead atoms. The Balaban J connectivity index is 1.68. The second-order valence-corrected chi connectivity index (χ2v) is 4.38. The van der Waals surface area contributed by atoms with E-state index in [0.717, 1.165) is 22.7 Å². The third-order valence-corrected chi connectivity index (χ3v) is 2.97. The molecule has 98 valence electrons. The molecule has 1 aliphatic rings. The minimum atomic E-state index is 0.268. The molecule has 1 heterocycles. The summed E-state index contributed by atoms with van der Waals surface area (Å²) in [7, 11) is 0. The summed E-state index contributed by atoms with van der Waals surface area (Å²) in [4.78, 5) is 0. The third-order valence-electron chi connectivity index (χ3n) is 2.97. The van der Waals surface area contributed by atoms with E-state index in [4.69, 9.17) is 9.47 Å². The lowest BCUT2D eigenvalue weighted by molar-refractivity contribution is 0.171. The van der Waals surface area contributed by atoms with Crippen molar-refractivity contribution in [2.24, 2.45) is 0 Å². The molecule has 0 amide bonds. The second kappa shape index (κ2) is 5.10. The van der Waals surface area contributed by atoms with Gasteiger partial charge >= 0.3 is 0 Å². The van der Waals surface area contributed by atoms with E-state index in [9.17, 15) is 5.11 Å². The van der Waals surface area contributed by atoms with Crippen LogP contribution >= 0.6 is 0 Å². The first-order valence-electron chi connectivity index (χ1n) is 6.23. The number of rotatable bonds is 3. The SMILES string of the molecule is Oc1ccc(NCc2ccc3c(c2)OCCO3)cc1. The number of anilines is 1. The average molecular weight is 257 g/mol. The normalized spacial score (nSPS) is 13.1. The van der Waals surface area contributed by atoms with Crippen LogP contribution in [0.5, 0.6) is 17.2 Å². The van der Waals surface area contributed by atoms with Crippen LogP contribution in [-0.2, 0) is 6.54 Å². The van der Waals surface area contributed by atoms with Crippen LogP contribution in [0.3, 0.4) is 0 Å². The predicted octanol–water partition coefficient (Wildman–Crippen LogP) is 2.78. The molecule has 2 aromatic rings. The molecule has 0 saturated heterocycles. The molecule has 1 aliphatic heterocycles. The van der Waals surface area contributed by atoms with Crippen molar-refractivity contribution in [3.8, 4) is 17.2 Å². The average Bonchev–Trinajstić information content (AvgIpc) is 2.46. The molecular formula is C15H15NO3. The summed E-state index contributed by atoms with van der Waals surface area (Å²) in [5.74, 6) is 1.88. The molecule has 4 heteroatoms. The number of ether oxygens (including phenoxy) is 2. The summed E-state index contributed by atoms with van der Waals surface area (Å²) in [5, 5.41) is 12.5. The zero-order valence-corrected chi connectivity index (χ0v) is 10.4. The van der Waals surface area contributed by atoms with E-state index in [2.05, 4.69) is 5.32 Å². The fraction of sp³-hybridized carbons (Fsp3) is 0.200. The molecular weight excluding hydrogens is 242 g/mol. The van der Waals surface area contributed by atoms with Gasteiger partial charge in [0.05, 0.1) is 0 Å². The zero-order valence-electron chi connectivity index (χ0n) is 10.4. The molecule has 0 unspecified atom stereocenters. The maximum absolute atomic E-state index is 9.22. The van der Waals surface area contributed by atoms with E-state index in [-0.39, 0.29) is 5.75 Å². The summed E-state index contributed by atoms with van der Waals surface area (Å²) in [6.07, 6.45) is 0. The lowest BCUT2D eigenvalue weighted by atomic mass is 10.2. The van der Waals surface area contributed by atoms with Gasteiger partial charge in [-0.1, -0.05) is 6.07 Å². The molecule has 0 aromatic heterocycles. The zero-order chi connectivity index (χ0) is 13.1. The number of benzene rings is 2. The van der Waals surface area contributed by atoms with E-state index in [1.54, 1.807) is 12.1 Å². The highest BCUT2D eigenvalue weighted by atomic mass is 16.6. The first kappa shape index (κ1) is 11.7. The van der Waals surface area contributed by atoms with E-state index >= 15 is 0 Å². The molecule has 4 nitrogen and oxygen atoms in total. The van der Waals surface area contributed by atoms with Crippen LogP contribution in [0.1, 0.15) is 5.56 Å². The van der Waals surface area contributed by atoms with Gasteiger partial charge in [0.2, 0.25) is 0 Å². The number of nitrogens with one attached hydrogen (secondary N) is 1. The maximum Gasteiger partial charge on any atom is 0.161 e. The molecule has 0 spiro atoms. The number of hydrogen-bond acceptors (Lipinski definition) is 4. The second-order valence-electron chi connectivity index (χ2n) is 4.38. The highest BCUT2D eigenvalue weighted by Gasteiger charge is 2.11. The number of phenolic OH excluding ortho intramolecular Hbond substituents is 1. The Labute approximate surface area is 111 Å². The Morgan fingerprint density at radius 1 is 0.947 bits per heavy atom. The van der Waals surface area contributed by atoms with Gasteiger partial charge in [-0.05, 0) is 42.0 Å². The van der Waals surface area contributed by atoms with Gasteiger partial charge in [0.1, 0.15) is 19.0 Å². The Kier molecular flexibility index (Phi) is 3.14. The van der Waals surface area contributed by atoms with Gasteiger partial charge in [-0.25, -0.2) is 0 Å². The minimum absolute atomic E-state index is 0.268. The Hall–Kier alpha value is -2.36. The highest BCUT2D eigenvalue weighted by molar-refractivity contribution is 5.48. The van der Waals surface area contributed by atoms with Crippen molar-refractivity contribution in [2.75, 3.05) is 18.5 Å². The number of aromatic hydroxyl groups is 1. The van der Waals surface area contributed by atoms with E-state index < -0.39 is 0 Å². The maximum atomic E-state index is 9.22. The van der Waals surface area contributed by atoms with Crippen molar-refractivity contribution >= 4 is 5.69 Å². The minimum Gasteiger partial charge on any atom is -0.508 e. The number of hydrogen-bond donors (Lipinski definition) is 2. The van der Waals surface area contributed by atoms with Crippen molar-refractivity contribution in [1.29, 1.82) is 0 Å². The number of fused-ring (bicyclic) bond motifs is 1. The summed E-state index contributed by atoms with van der Waals surface area (Å²) in [6.45, 7) is 1.90. The first-order chi connectivity index (χ1) is 9.31. The molecule has 0 saturated carbocycles. The van der Waals surface area contributed by atoms with Gasteiger partial charge in [0.15, 0.2) is 11.5 Å². The van der Waals surface area contributed by atoms with Crippen molar-refractivity contribution in [2.45, 2.75) is 6.54 Å². The topological polar surface area (TPSA) is 50.7 Å². The van der Waals surface area contributed by atoms with Crippen LogP contribution in [0.15, 0.2) is 42.5 Å². The van der Waals surface area contributed by atoms with Gasteiger partial charge in [0, 0.05) is 12.2 Å². The van der Waals surface area contributed by atoms with E-state index in [0.29, 0.717) is 19.8 Å². The molecule has 2 N–H and O–H groups in total. The lowest BCUT2D eigenvalue weighted by Gasteiger charge is -2.19. The smallest absolute Gasteiger partial charge is 0.161 e. The van der Waals surface area contributed by atoms with Crippen molar-refractivity contribution in [1.82, 2.24) is 0 Å². The van der Waals surface area contributed by atoms with Gasteiger partial charge in [-0.15, -0.1) is 0 Å². The molecule has 0 atom stereocenters. The van der Waals surface area contributed by atoms with Crippen LogP contribution in [0.2, 0.25) is 0 Å². The van der Waals surface area contributed by atoms with Crippen LogP contribution in [-0.4, -0.2) is 18.3 Å². The Morgan fingerprint density at radius 2 is 1.68 bits per heavy atom. The predicted molar refractivity (Wildman–Crippen MR) is 72.9 cm³/mol. The first-order valence-corrected chi connectivity index (χ1v) is 6.23. The fourth-order valence-corrected chi connectivity index (χ4v) is 1.98. The van der Waals surface area contributed by atoms with Crippen LogP contribution < -0.4 is 14.8 Å². The van der Waals surface area contributed by atoms with E-state index in [1.807, 2.05) is 30.3 Å². The van der Waals surface area contributed by atoms with Gasteiger partial charge in [-0.2, -0.15) is 0 Å². The van der Waals surface area contributed by atoms with E-state index in [1.165, 1.54) is 0 Å². The standard InChI is InChI=1S/C15H15NO3/c17-13-4-2-12(3-5-13)16-10-11-1-6-14-15(9-11)19-8-7-18-14/h1-6,9,16-17H,7-8,10H2. The largest absolute Gasteiger partial charge is 0.508 e. The van der Waals surface area contributed by atoms with Crippen LogP contribution in [0, 0.1) is 0 Å². The Morgan fingerprint density at radius 3 is 2.47 bits per heavy atom. The summed E-state index contributed by atoms with van der Waals surface area (Å²) in [6, 6.07) is 12.9. The molecule has 19 heavy (non-hydrogen) atoms. The third kappa shape index (κ3) is 2.73. The monoisotopic (exact) mass is 257 g/mol. The van der Waals surface area contributed by atoms with Crippen molar-refractivity contribution < 1.29 is 14.6 Å². The summed E-state index contributed by atoms with van der Waals surface area (Å²) in [5.41, 5.74) is 2.09. The quantitative estimate of drug-likeness (QED) is 0.830. The molecule has 0 fully saturated rings. The molecule has 2 aromatic carbocycles. The van der Waals surface area contributed by atoms with Crippen molar-refractivity contribution in [3.63, 3.8) is 0 Å². The summed E-state index contributed by atoms with van der Waals surface area (Å²) < 4.78 is 11.0. The van der Waals surface area contributed by atoms with Gasteiger partial charge < -0.3 is 19.9 Å². The van der Waals surface area contributed by atoms with Gasteiger partial charge in [-0.3, -0.25) is 0 Å². The fourth-order valence-electron chi connectivity index (χ4n) is 1.98. The lowest BCUT2D eigenvalue weighted by Crippen LogP contribution is -2.15. The van der Waals surface area contributed by atoms with Gasteiger partial charge in [0.25, 0.3) is 0 Å². The van der Waals surface area contributed by atoms with Crippen LogP contribution in [0.25, 0.3) is 0 Å².